The lowest BCUT2D eigenvalue weighted by Crippen LogP contribution is -2.13. The number of hydrogen-bond donors (Lipinski definition) is 2. The van der Waals surface area contributed by atoms with Gasteiger partial charge in [-0.1, -0.05) is 12.1 Å². The number of aromatic nitrogens is 1. The molecule has 0 aliphatic heterocycles. The van der Waals surface area contributed by atoms with Gasteiger partial charge in [-0.2, -0.15) is 0 Å². The van der Waals surface area contributed by atoms with Crippen molar-refractivity contribution in [1.29, 1.82) is 0 Å². The quantitative estimate of drug-likeness (QED) is 0.764. The zero-order chi connectivity index (χ0) is 13.9. The second kappa shape index (κ2) is 5.38. The van der Waals surface area contributed by atoms with Crippen LogP contribution in [0.1, 0.15) is 17.4 Å². The highest BCUT2D eigenvalue weighted by Crippen LogP contribution is 2.25. The minimum atomic E-state index is -0.166. The number of thiophene rings is 1. The third-order valence-electron chi connectivity index (χ3n) is 2.92. The molecule has 1 amide bonds. The molecule has 0 aliphatic carbocycles. The van der Waals surface area contributed by atoms with Gasteiger partial charge < -0.3 is 15.0 Å². The van der Waals surface area contributed by atoms with E-state index >= 15 is 0 Å². The van der Waals surface area contributed by atoms with Gasteiger partial charge in [0.2, 0.25) is 0 Å². The predicted molar refractivity (Wildman–Crippen MR) is 81.7 cm³/mol. The van der Waals surface area contributed by atoms with E-state index in [-0.39, 0.29) is 5.91 Å². The highest BCUT2D eigenvalue weighted by atomic mass is 32.1. The number of aromatic amines is 1. The summed E-state index contributed by atoms with van der Waals surface area (Å²) in [5.41, 5.74) is 2.22. The van der Waals surface area contributed by atoms with Crippen LogP contribution in [-0.4, -0.2) is 17.5 Å². The summed E-state index contributed by atoms with van der Waals surface area (Å²) < 4.78 is 6.57. The number of carbonyl (C=O) groups excluding carboxylic acids is 1. The number of amides is 1. The number of anilines is 1. The number of nitrogens with one attached hydrogen (secondary N) is 2. The first-order valence-corrected chi connectivity index (χ1v) is 7.25. The summed E-state index contributed by atoms with van der Waals surface area (Å²) >= 11 is 1.61. The fourth-order valence-corrected chi connectivity index (χ4v) is 2.79. The second-order valence-electron chi connectivity index (χ2n) is 4.26. The molecule has 0 atom stereocenters. The van der Waals surface area contributed by atoms with E-state index < -0.39 is 0 Å². The molecule has 0 aliphatic rings. The van der Waals surface area contributed by atoms with Gasteiger partial charge in [-0.3, -0.25) is 4.79 Å². The molecule has 0 radical (unpaired) electrons. The van der Waals surface area contributed by atoms with Crippen LogP contribution < -0.4 is 10.1 Å². The first-order chi connectivity index (χ1) is 9.78. The minimum Gasteiger partial charge on any atom is -0.492 e. The fraction of sp³-hybridized carbons (Fsp3) is 0.133. The molecule has 5 heteroatoms. The molecular formula is C15H14N2O2S. The Morgan fingerprint density at radius 3 is 3.00 bits per heavy atom. The van der Waals surface area contributed by atoms with E-state index in [1.807, 2.05) is 48.7 Å². The summed E-state index contributed by atoms with van der Waals surface area (Å²) in [6.07, 6.45) is 0. The van der Waals surface area contributed by atoms with Crippen molar-refractivity contribution in [3.8, 4) is 5.75 Å². The minimum absolute atomic E-state index is 0.166. The molecule has 0 saturated carbocycles. The van der Waals surface area contributed by atoms with Crippen molar-refractivity contribution in [3.63, 3.8) is 0 Å². The molecule has 2 heterocycles. The lowest BCUT2D eigenvalue weighted by molar-refractivity contribution is 0.102. The summed E-state index contributed by atoms with van der Waals surface area (Å²) in [5, 5.41) is 4.87. The van der Waals surface area contributed by atoms with E-state index in [9.17, 15) is 4.79 Å². The molecule has 0 unspecified atom stereocenters. The summed E-state index contributed by atoms with van der Waals surface area (Å²) in [7, 11) is 0. The van der Waals surface area contributed by atoms with Crippen LogP contribution >= 0.6 is 11.3 Å². The monoisotopic (exact) mass is 286 g/mol. The summed E-state index contributed by atoms with van der Waals surface area (Å²) in [4.78, 5) is 15.3. The lowest BCUT2D eigenvalue weighted by atomic mass is 10.3. The summed E-state index contributed by atoms with van der Waals surface area (Å²) in [5.74, 6) is 0.511. The maximum absolute atomic E-state index is 12.2. The van der Waals surface area contributed by atoms with Gasteiger partial charge in [-0.05, 0) is 36.6 Å². The Hall–Kier alpha value is -2.27. The van der Waals surface area contributed by atoms with Crippen LogP contribution in [0.2, 0.25) is 0 Å². The van der Waals surface area contributed by atoms with Gasteiger partial charge in [-0.25, -0.2) is 0 Å². The van der Waals surface area contributed by atoms with E-state index in [1.165, 1.54) is 0 Å². The molecule has 3 rings (SSSR count). The first kappa shape index (κ1) is 12.7. The Bertz CT molecular complexity index is 717. The zero-order valence-electron chi connectivity index (χ0n) is 11.0. The Balaban J connectivity index is 1.83. The maximum atomic E-state index is 12.2. The number of hydrogen-bond acceptors (Lipinski definition) is 3. The molecule has 3 aromatic rings. The largest absolute Gasteiger partial charge is 0.492 e. The Morgan fingerprint density at radius 1 is 1.35 bits per heavy atom. The molecule has 0 spiro atoms. The van der Waals surface area contributed by atoms with Gasteiger partial charge >= 0.3 is 0 Å². The lowest BCUT2D eigenvalue weighted by Gasteiger charge is -2.10. The van der Waals surface area contributed by atoms with Crippen LogP contribution in [0.3, 0.4) is 0 Å². The van der Waals surface area contributed by atoms with Crippen molar-refractivity contribution in [2.24, 2.45) is 0 Å². The predicted octanol–water partition coefficient (Wildman–Crippen LogP) is 3.88. The van der Waals surface area contributed by atoms with Crippen LogP contribution in [-0.2, 0) is 0 Å². The number of ether oxygens (including phenoxy) is 1. The van der Waals surface area contributed by atoms with Crippen LogP contribution in [0, 0.1) is 0 Å². The van der Waals surface area contributed by atoms with E-state index in [1.54, 1.807) is 11.3 Å². The number of H-pyrrole nitrogens is 1. The average Bonchev–Trinajstić information content (AvgIpc) is 3.02. The summed E-state index contributed by atoms with van der Waals surface area (Å²) in [6, 6.07) is 11.2. The molecule has 0 fully saturated rings. The van der Waals surface area contributed by atoms with E-state index in [0.29, 0.717) is 23.7 Å². The standard InChI is InChI=1S/C15H14N2O2S/c1-2-19-13-6-4-3-5-10(13)17-15(18)12-9-14-11(16-12)7-8-20-14/h3-9,16H,2H2,1H3,(H,17,18). The number of rotatable bonds is 4. The number of carbonyl (C=O) groups is 1. The summed E-state index contributed by atoms with van der Waals surface area (Å²) in [6.45, 7) is 2.48. The van der Waals surface area contributed by atoms with Crippen LogP contribution in [0.4, 0.5) is 5.69 Å². The van der Waals surface area contributed by atoms with Gasteiger partial charge in [0.15, 0.2) is 0 Å². The van der Waals surface area contributed by atoms with Crippen molar-refractivity contribution >= 4 is 33.1 Å². The smallest absolute Gasteiger partial charge is 0.272 e. The molecule has 2 N–H and O–H groups in total. The molecule has 0 saturated heterocycles. The molecule has 0 bridgehead atoms. The maximum Gasteiger partial charge on any atom is 0.272 e. The van der Waals surface area contributed by atoms with Crippen molar-refractivity contribution < 1.29 is 9.53 Å². The van der Waals surface area contributed by atoms with Gasteiger partial charge in [0, 0.05) is 0 Å². The first-order valence-electron chi connectivity index (χ1n) is 6.37. The highest BCUT2D eigenvalue weighted by Gasteiger charge is 2.12. The van der Waals surface area contributed by atoms with Crippen molar-refractivity contribution in [2.45, 2.75) is 6.92 Å². The second-order valence-corrected chi connectivity index (χ2v) is 5.21. The van der Waals surface area contributed by atoms with Crippen LogP contribution in [0.5, 0.6) is 5.75 Å². The molecule has 2 aromatic heterocycles. The van der Waals surface area contributed by atoms with E-state index in [0.717, 1.165) is 10.2 Å². The van der Waals surface area contributed by atoms with Gasteiger partial charge in [0.1, 0.15) is 11.4 Å². The molecule has 4 nitrogen and oxygen atoms in total. The Labute approximate surface area is 120 Å². The fourth-order valence-electron chi connectivity index (χ4n) is 2.01. The molecular weight excluding hydrogens is 272 g/mol. The molecule has 102 valence electrons. The van der Waals surface area contributed by atoms with E-state index in [2.05, 4.69) is 10.3 Å². The number of benzene rings is 1. The topological polar surface area (TPSA) is 54.1 Å². The van der Waals surface area contributed by atoms with Gasteiger partial charge in [0.25, 0.3) is 5.91 Å². The van der Waals surface area contributed by atoms with Crippen LogP contribution in [0.25, 0.3) is 10.2 Å². The number of para-hydroxylation sites is 2. The third kappa shape index (κ3) is 2.40. The van der Waals surface area contributed by atoms with Gasteiger partial charge in [-0.15, -0.1) is 11.3 Å². The normalized spacial score (nSPS) is 10.7. The average molecular weight is 286 g/mol. The van der Waals surface area contributed by atoms with E-state index in [4.69, 9.17) is 4.74 Å². The highest BCUT2D eigenvalue weighted by molar-refractivity contribution is 7.17. The van der Waals surface area contributed by atoms with Crippen molar-refractivity contribution in [1.82, 2.24) is 4.98 Å². The SMILES string of the molecule is CCOc1ccccc1NC(=O)c1cc2sccc2[nH]1. The molecule has 1 aromatic carbocycles. The van der Waals surface area contributed by atoms with Crippen LogP contribution in [0.15, 0.2) is 41.8 Å². The molecule has 20 heavy (non-hydrogen) atoms. The third-order valence-corrected chi connectivity index (χ3v) is 3.78. The number of fused-ring (bicyclic) bond motifs is 1. The van der Waals surface area contributed by atoms with Crippen molar-refractivity contribution in [2.75, 3.05) is 11.9 Å². The Kier molecular flexibility index (Phi) is 3.43. The Morgan fingerprint density at radius 2 is 2.20 bits per heavy atom. The van der Waals surface area contributed by atoms with Crippen molar-refractivity contribution in [3.05, 3.63) is 47.5 Å². The zero-order valence-corrected chi connectivity index (χ0v) is 11.8. The van der Waals surface area contributed by atoms with Gasteiger partial charge in [0.05, 0.1) is 22.5 Å².